The minimum atomic E-state index is -5.01. The Hall–Kier alpha value is -1.32. The van der Waals surface area contributed by atoms with Crippen LogP contribution >= 0.6 is 22.6 Å². The number of carboxylic acids is 1. The molecule has 4 nitrogen and oxygen atoms in total. The number of alkyl halides is 3. The molecule has 1 aromatic rings. The number of benzene rings is 1. The molecule has 1 aromatic carbocycles. The van der Waals surface area contributed by atoms with Crippen LogP contribution in [0.2, 0.25) is 0 Å². The van der Waals surface area contributed by atoms with Gasteiger partial charge in [-0.1, -0.05) is 0 Å². The molecule has 0 saturated heterocycles. The molecule has 0 aliphatic carbocycles. The average molecular weight is 359 g/mol. The van der Waals surface area contributed by atoms with Crippen molar-refractivity contribution in [2.45, 2.75) is 6.18 Å². The van der Waals surface area contributed by atoms with E-state index < -0.39 is 18.1 Å². The highest BCUT2D eigenvalue weighted by Crippen LogP contribution is 2.23. The quantitative estimate of drug-likeness (QED) is 0.798. The van der Waals surface area contributed by atoms with E-state index >= 15 is 0 Å². The summed E-state index contributed by atoms with van der Waals surface area (Å²) in [5, 5.41) is 10.3. The van der Waals surface area contributed by atoms with Gasteiger partial charge in [-0.2, -0.15) is 13.2 Å². The topological polar surface area (TPSA) is 66.4 Å². The summed E-state index contributed by atoms with van der Waals surface area (Å²) < 4.78 is 36.3. The Morgan fingerprint density at radius 1 is 1.29 bits per heavy atom. The minimum absolute atomic E-state index is 0.187. The van der Waals surface area contributed by atoms with Gasteiger partial charge in [-0.15, -0.1) is 0 Å². The van der Waals surface area contributed by atoms with Gasteiger partial charge >= 0.3 is 18.1 Å². The molecule has 0 aromatic heterocycles. The fourth-order valence-corrected chi connectivity index (χ4v) is 1.42. The smallest absolute Gasteiger partial charge is 0.471 e. The van der Waals surface area contributed by atoms with Gasteiger partial charge in [-0.05, 0) is 40.8 Å². The number of aromatic carboxylic acids is 1. The van der Waals surface area contributed by atoms with Crippen molar-refractivity contribution in [2.75, 3.05) is 5.32 Å². The van der Waals surface area contributed by atoms with Crippen molar-refractivity contribution < 1.29 is 27.9 Å². The SMILES string of the molecule is O=C(O)c1ccc(I)c(NC(=O)C(F)(F)F)c1. The maximum absolute atomic E-state index is 12.0. The van der Waals surface area contributed by atoms with Crippen LogP contribution in [0.5, 0.6) is 0 Å². The van der Waals surface area contributed by atoms with Gasteiger partial charge in [0, 0.05) is 3.57 Å². The first-order valence-electron chi connectivity index (χ1n) is 4.13. The Bertz CT molecular complexity index is 473. The molecule has 0 spiro atoms. The second-order valence-corrected chi connectivity index (χ2v) is 4.11. The zero-order chi connectivity index (χ0) is 13.2. The lowest BCUT2D eigenvalue weighted by atomic mass is 10.2. The molecule has 2 N–H and O–H groups in total. The number of carbonyl (C=O) groups excluding carboxylic acids is 1. The van der Waals surface area contributed by atoms with E-state index in [1.54, 1.807) is 27.9 Å². The monoisotopic (exact) mass is 359 g/mol. The van der Waals surface area contributed by atoms with Gasteiger partial charge in [0.1, 0.15) is 0 Å². The molecule has 8 heteroatoms. The van der Waals surface area contributed by atoms with E-state index in [-0.39, 0.29) is 11.3 Å². The van der Waals surface area contributed by atoms with E-state index in [2.05, 4.69) is 0 Å². The van der Waals surface area contributed by atoms with E-state index in [0.29, 0.717) is 3.57 Å². The van der Waals surface area contributed by atoms with Crippen LogP contribution in [0.4, 0.5) is 18.9 Å². The van der Waals surface area contributed by atoms with Gasteiger partial charge in [0.05, 0.1) is 11.3 Å². The average Bonchev–Trinajstić information content (AvgIpc) is 2.19. The zero-order valence-corrected chi connectivity index (χ0v) is 10.2. The maximum Gasteiger partial charge on any atom is 0.471 e. The van der Waals surface area contributed by atoms with Crippen molar-refractivity contribution in [3.8, 4) is 0 Å². The van der Waals surface area contributed by atoms with Crippen molar-refractivity contribution in [2.24, 2.45) is 0 Å². The molecule has 0 atom stereocenters. The van der Waals surface area contributed by atoms with Crippen molar-refractivity contribution in [3.63, 3.8) is 0 Å². The normalized spacial score (nSPS) is 11.1. The Morgan fingerprint density at radius 3 is 2.35 bits per heavy atom. The maximum atomic E-state index is 12.0. The van der Waals surface area contributed by atoms with E-state index in [1.807, 2.05) is 0 Å². The van der Waals surface area contributed by atoms with Gasteiger partial charge < -0.3 is 10.4 Å². The summed E-state index contributed by atoms with van der Waals surface area (Å²) >= 11 is 1.69. The summed E-state index contributed by atoms with van der Waals surface area (Å²) in [6.07, 6.45) is -5.01. The second kappa shape index (κ2) is 4.90. The molecule has 0 bridgehead atoms. The highest BCUT2D eigenvalue weighted by molar-refractivity contribution is 14.1. The lowest BCUT2D eigenvalue weighted by Gasteiger charge is -2.10. The fourth-order valence-electron chi connectivity index (χ4n) is 0.947. The lowest BCUT2D eigenvalue weighted by molar-refractivity contribution is -0.167. The number of nitrogens with one attached hydrogen (secondary N) is 1. The zero-order valence-electron chi connectivity index (χ0n) is 8.01. The summed E-state index contributed by atoms with van der Waals surface area (Å²) in [5.41, 5.74) is -0.393. The predicted molar refractivity (Wildman–Crippen MR) is 60.8 cm³/mol. The molecule has 0 aliphatic heterocycles. The molecule has 0 unspecified atom stereocenters. The van der Waals surface area contributed by atoms with E-state index in [4.69, 9.17) is 5.11 Å². The fraction of sp³-hybridized carbons (Fsp3) is 0.111. The number of hydrogen-bond donors (Lipinski definition) is 2. The van der Waals surface area contributed by atoms with Crippen LogP contribution in [0.15, 0.2) is 18.2 Å². The Kier molecular flexibility index (Phi) is 3.96. The molecule has 1 rings (SSSR count). The molecule has 0 heterocycles. The van der Waals surface area contributed by atoms with Crippen molar-refractivity contribution in [3.05, 3.63) is 27.3 Å². The summed E-state index contributed by atoms with van der Waals surface area (Å²) in [5.74, 6) is -3.43. The van der Waals surface area contributed by atoms with Gasteiger partial charge in [-0.3, -0.25) is 4.79 Å². The largest absolute Gasteiger partial charge is 0.478 e. The third-order valence-electron chi connectivity index (χ3n) is 1.72. The first kappa shape index (κ1) is 13.7. The third kappa shape index (κ3) is 3.58. The van der Waals surface area contributed by atoms with Gasteiger partial charge in [-0.25, -0.2) is 4.79 Å². The Morgan fingerprint density at radius 2 is 1.88 bits per heavy atom. The lowest BCUT2D eigenvalue weighted by Crippen LogP contribution is -2.30. The number of rotatable bonds is 2. The van der Waals surface area contributed by atoms with Crippen LogP contribution in [0, 0.1) is 3.57 Å². The highest BCUT2D eigenvalue weighted by Gasteiger charge is 2.38. The van der Waals surface area contributed by atoms with Gasteiger partial charge in [0.2, 0.25) is 0 Å². The molecular weight excluding hydrogens is 354 g/mol. The highest BCUT2D eigenvalue weighted by atomic mass is 127. The molecule has 92 valence electrons. The molecule has 0 fully saturated rings. The Labute approximate surface area is 107 Å². The van der Waals surface area contributed by atoms with Crippen LogP contribution in [0.1, 0.15) is 10.4 Å². The third-order valence-corrected chi connectivity index (χ3v) is 2.66. The molecular formula is C9H5F3INO3. The summed E-state index contributed by atoms with van der Waals surface area (Å²) in [6, 6.07) is 3.50. The van der Waals surface area contributed by atoms with Gasteiger partial charge in [0.15, 0.2) is 0 Å². The molecule has 17 heavy (non-hydrogen) atoms. The van der Waals surface area contributed by atoms with Crippen LogP contribution in [0.25, 0.3) is 0 Å². The number of halogens is 4. The number of amides is 1. The van der Waals surface area contributed by atoms with Crippen molar-refractivity contribution in [1.29, 1.82) is 0 Å². The summed E-state index contributed by atoms with van der Waals surface area (Å²) in [6.45, 7) is 0. The van der Waals surface area contributed by atoms with Crippen LogP contribution in [0.3, 0.4) is 0 Å². The molecule has 0 radical (unpaired) electrons. The van der Waals surface area contributed by atoms with E-state index in [9.17, 15) is 22.8 Å². The van der Waals surface area contributed by atoms with E-state index in [0.717, 1.165) is 6.07 Å². The summed E-state index contributed by atoms with van der Waals surface area (Å²) in [4.78, 5) is 21.3. The van der Waals surface area contributed by atoms with Gasteiger partial charge in [0.25, 0.3) is 0 Å². The van der Waals surface area contributed by atoms with Crippen LogP contribution < -0.4 is 5.32 Å². The first-order valence-corrected chi connectivity index (χ1v) is 5.20. The number of carboxylic acid groups (broad SMARTS) is 1. The first-order chi connectivity index (χ1) is 7.71. The minimum Gasteiger partial charge on any atom is -0.478 e. The second-order valence-electron chi connectivity index (χ2n) is 2.95. The number of hydrogen-bond acceptors (Lipinski definition) is 2. The van der Waals surface area contributed by atoms with Crippen LogP contribution in [-0.2, 0) is 4.79 Å². The molecule has 0 aliphatic rings. The number of anilines is 1. The molecule has 1 amide bonds. The van der Waals surface area contributed by atoms with Crippen molar-refractivity contribution >= 4 is 40.2 Å². The standard InChI is InChI=1S/C9H5F3INO3/c10-9(11,12)8(17)14-6-3-4(7(15)16)1-2-5(6)13/h1-3H,(H,14,17)(H,15,16). The summed E-state index contributed by atoms with van der Waals surface area (Å²) in [7, 11) is 0. The number of carbonyl (C=O) groups is 2. The predicted octanol–water partition coefficient (Wildman–Crippen LogP) is 2.49. The Balaban J connectivity index is 3.02. The molecule has 0 saturated carbocycles. The van der Waals surface area contributed by atoms with Crippen LogP contribution in [-0.4, -0.2) is 23.2 Å². The van der Waals surface area contributed by atoms with E-state index in [1.165, 1.54) is 12.1 Å². The van der Waals surface area contributed by atoms with Crippen molar-refractivity contribution in [1.82, 2.24) is 0 Å².